The molecule has 2 amide bonds. The number of anilines is 1. The van der Waals surface area contributed by atoms with Crippen LogP contribution in [-0.4, -0.2) is 16.8 Å². The number of allylic oxidation sites excluding steroid dienone is 2. The molecule has 2 aromatic rings. The first kappa shape index (κ1) is 19.4. The van der Waals surface area contributed by atoms with Crippen LogP contribution < -0.4 is 10.6 Å². The van der Waals surface area contributed by atoms with Crippen LogP contribution in [0.15, 0.2) is 33.6 Å². The summed E-state index contributed by atoms with van der Waals surface area (Å²) in [5, 5.41) is 8.04. The molecule has 2 N–H and O–H groups in total. The molecule has 0 aliphatic heterocycles. The summed E-state index contributed by atoms with van der Waals surface area (Å²) in [5.41, 5.74) is 1.87. The summed E-state index contributed by atoms with van der Waals surface area (Å²) in [6.07, 6.45) is 2.18. The van der Waals surface area contributed by atoms with E-state index < -0.39 is 0 Å². The molecule has 27 heavy (non-hydrogen) atoms. The van der Waals surface area contributed by atoms with Gasteiger partial charge in [0.25, 0.3) is 0 Å². The van der Waals surface area contributed by atoms with Gasteiger partial charge in [0.1, 0.15) is 11.5 Å². The van der Waals surface area contributed by atoms with E-state index in [0.29, 0.717) is 28.9 Å². The van der Waals surface area contributed by atoms with Gasteiger partial charge in [-0.2, -0.15) is 0 Å². The molecule has 144 valence electrons. The van der Waals surface area contributed by atoms with Crippen molar-refractivity contribution in [3.63, 3.8) is 0 Å². The maximum absolute atomic E-state index is 12.6. The lowest BCUT2D eigenvalue weighted by atomic mass is 10.1. The number of nitrogens with zero attached hydrogens (tertiary/aromatic N) is 1. The van der Waals surface area contributed by atoms with E-state index in [2.05, 4.69) is 49.4 Å². The molecule has 2 unspecified atom stereocenters. The summed E-state index contributed by atoms with van der Waals surface area (Å²) >= 11 is 1.37. The Kier molecular flexibility index (Phi) is 5.24. The second-order valence-corrected chi connectivity index (χ2v) is 8.63. The van der Waals surface area contributed by atoms with Crippen molar-refractivity contribution in [2.45, 2.75) is 41.2 Å². The second-order valence-electron chi connectivity index (χ2n) is 7.77. The molecule has 2 aromatic heterocycles. The molecule has 1 aliphatic carbocycles. The molecule has 0 spiro atoms. The van der Waals surface area contributed by atoms with Gasteiger partial charge >= 0.3 is 0 Å². The van der Waals surface area contributed by atoms with Gasteiger partial charge in [-0.15, -0.1) is 11.3 Å². The molecule has 3 rings (SSSR count). The Morgan fingerprint density at radius 3 is 2.70 bits per heavy atom. The minimum atomic E-state index is -0.110. The molecule has 1 aliphatic rings. The van der Waals surface area contributed by atoms with Gasteiger partial charge in [0.05, 0.1) is 12.5 Å². The van der Waals surface area contributed by atoms with Crippen LogP contribution in [0.25, 0.3) is 11.5 Å². The highest BCUT2D eigenvalue weighted by Crippen LogP contribution is 2.59. The van der Waals surface area contributed by atoms with E-state index in [0.717, 1.165) is 0 Å². The highest BCUT2D eigenvalue weighted by atomic mass is 32.1. The third-order valence-corrected chi connectivity index (χ3v) is 5.62. The number of hydrogen-bond donors (Lipinski definition) is 2. The van der Waals surface area contributed by atoms with Gasteiger partial charge in [0.15, 0.2) is 10.9 Å². The average Bonchev–Trinajstić information content (AvgIpc) is 2.98. The Morgan fingerprint density at radius 1 is 1.30 bits per heavy atom. The summed E-state index contributed by atoms with van der Waals surface area (Å²) in [6, 6.07) is 3.62. The van der Waals surface area contributed by atoms with Gasteiger partial charge in [-0.3, -0.25) is 9.59 Å². The standard InChI is InChI=1S/C20H25N3O3S/c1-11(2)8-14-17(20(14,4)5)18(25)23-19-22-15(10-27-19)16-7-6-13(26-16)9-21-12(3)24/h6-8,10,14,17H,9H2,1-5H3,(H,21,24)(H,22,23,25). The van der Waals surface area contributed by atoms with Crippen LogP contribution in [0.2, 0.25) is 0 Å². The molecular formula is C20H25N3O3S. The first-order valence-electron chi connectivity index (χ1n) is 8.93. The van der Waals surface area contributed by atoms with E-state index in [1.807, 2.05) is 11.4 Å². The minimum absolute atomic E-state index is 0.00851. The van der Waals surface area contributed by atoms with Crippen LogP contribution in [-0.2, 0) is 16.1 Å². The van der Waals surface area contributed by atoms with E-state index in [4.69, 9.17) is 4.42 Å². The normalized spacial score (nSPS) is 20.0. The molecule has 1 saturated carbocycles. The van der Waals surface area contributed by atoms with Crippen LogP contribution in [0.1, 0.15) is 40.4 Å². The van der Waals surface area contributed by atoms with Crippen molar-refractivity contribution < 1.29 is 14.0 Å². The molecule has 0 aromatic carbocycles. The van der Waals surface area contributed by atoms with Crippen LogP contribution in [0.3, 0.4) is 0 Å². The first-order valence-corrected chi connectivity index (χ1v) is 9.81. The maximum atomic E-state index is 12.6. The molecule has 0 saturated heterocycles. The van der Waals surface area contributed by atoms with Crippen LogP contribution in [0.4, 0.5) is 5.13 Å². The molecule has 1 fully saturated rings. The molecule has 2 heterocycles. The van der Waals surface area contributed by atoms with Gasteiger partial charge in [-0.25, -0.2) is 4.98 Å². The monoisotopic (exact) mass is 387 g/mol. The number of furan rings is 1. The third-order valence-electron chi connectivity index (χ3n) is 4.87. The van der Waals surface area contributed by atoms with Crippen molar-refractivity contribution in [1.29, 1.82) is 0 Å². The average molecular weight is 388 g/mol. The van der Waals surface area contributed by atoms with Crippen LogP contribution in [0.5, 0.6) is 0 Å². The topological polar surface area (TPSA) is 84.2 Å². The second kappa shape index (κ2) is 7.31. The van der Waals surface area contributed by atoms with Gasteiger partial charge < -0.3 is 15.1 Å². The van der Waals surface area contributed by atoms with E-state index in [-0.39, 0.29) is 29.1 Å². The lowest BCUT2D eigenvalue weighted by Gasteiger charge is -2.02. The fourth-order valence-corrected chi connectivity index (χ4v) is 4.00. The zero-order chi connectivity index (χ0) is 19.8. The summed E-state index contributed by atoms with van der Waals surface area (Å²) in [5.74, 6) is 1.40. The smallest absolute Gasteiger partial charge is 0.230 e. The molecule has 2 atom stereocenters. The lowest BCUT2D eigenvalue weighted by molar-refractivity contribution is -0.119. The van der Waals surface area contributed by atoms with Crippen molar-refractivity contribution >= 4 is 28.3 Å². The zero-order valence-corrected chi connectivity index (χ0v) is 17.1. The number of carbonyl (C=O) groups is 2. The predicted octanol–water partition coefficient (Wildman–Crippen LogP) is 4.22. The Hall–Kier alpha value is -2.41. The molecule has 0 bridgehead atoms. The van der Waals surface area contributed by atoms with Crippen molar-refractivity contribution in [2.24, 2.45) is 17.3 Å². The Morgan fingerprint density at radius 2 is 2.04 bits per heavy atom. The van der Waals surface area contributed by atoms with Crippen LogP contribution >= 0.6 is 11.3 Å². The molecular weight excluding hydrogens is 362 g/mol. The van der Waals surface area contributed by atoms with Crippen molar-refractivity contribution in [3.05, 3.63) is 34.9 Å². The summed E-state index contributed by atoms with van der Waals surface area (Å²) < 4.78 is 5.70. The maximum Gasteiger partial charge on any atom is 0.230 e. The number of thiazole rings is 1. The SMILES string of the molecule is CC(=O)NCc1ccc(-c2csc(NC(=O)C3C(C=C(C)C)C3(C)C)n2)o1. The van der Waals surface area contributed by atoms with Crippen molar-refractivity contribution in [3.8, 4) is 11.5 Å². The Balaban J connectivity index is 1.64. The van der Waals surface area contributed by atoms with Crippen molar-refractivity contribution in [2.75, 3.05) is 5.32 Å². The van der Waals surface area contributed by atoms with E-state index >= 15 is 0 Å². The number of hydrogen-bond acceptors (Lipinski definition) is 5. The molecule has 0 radical (unpaired) electrons. The van der Waals surface area contributed by atoms with E-state index in [1.54, 1.807) is 6.07 Å². The third kappa shape index (κ3) is 4.30. The highest BCUT2D eigenvalue weighted by Gasteiger charge is 2.60. The predicted molar refractivity (Wildman–Crippen MR) is 106 cm³/mol. The van der Waals surface area contributed by atoms with Gasteiger partial charge in [0, 0.05) is 12.3 Å². The summed E-state index contributed by atoms with van der Waals surface area (Å²) in [6.45, 7) is 10.1. The van der Waals surface area contributed by atoms with Gasteiger partial charge in [0.2, 0.25) is 11.8 Å². The van der Waals surface area contributed by atoms with Gasteiger partial charge in [-0.1, -0.05) is 25.5 Å². The fourth-order valence-electron chi connectivity index (χ4n) is 3.30. The number of aromatic nitrogens is 1. The molecule has 7 heteroatoms. The Bertz CT molecular complexity index is 890. The highest BCUT2D eigenvalue weighted by molar-refractivity contribution is 7.14. The van der Waals surface area contributed by atoms with E-state index in [1.165, 1.54) is 23.8 Å². The summed E-state index contributed by atoms with van der Waals surface area (Å²) in [4.78, 5) is 28.1. The summed E-state index contributed by atoms with van der Waals surface area (Å²) in [7, 11) is 0. The number of nitrogens with one attached hydrogen (secondary N) is 2. The van der Waals surface area contributed by atoms with Crippen molar-refractivity contribution in [1.82, 2.24) is 10.3 Å². The largest absolute Gasteiger partial charge is 0.458 e. The fraction of sp³-hybridized carbons (Fsp3) is 0.450. The first-order chi connectivity index (χ1) is 12.7. The number of carbonyl (C=O) groups excluding carboxylic acids is 2. The minimum Gasteiger partial charge on any atom is -0.458 e. The lowest BCUT2D eigenvalue weighted by Crippen LogP contribution is -2.18. The quantitative estimate of drug-likeness (QED) is 0.727. The van der Waals surface area contributed by atoms with Crippen LogP contribution in [0, 0.1) is 17.3 Å². The van der Waals surface area contributed by atoms with Gasteiger partial charge in [-0.05, 0) is 37.3 Å². The number of rotatable bonds is 6. The number of amides is 2. The van der Waals surface area contributed by atoms with E-state index in [9.17, 15) is 9.59 Å². The molecule has 6 nitrogen and oxygen atoms in total. The zero-order valence-electron chi connectivity index (χ0n) is 16.3. The Labute approximate surface area is 163 Å².